The van der Waals surface area contributed by atoms with Crippen LogP contribution in [-0.4, -0.2) is 50.8 Å². The summed E-state index contributed by atoms with van der Waals surface area (Å²) in [5, 5.41) is 3.78. The van der Waals surface area contributed by atoms with E-state index in [0.29, 0.717) is 5.41 Å². The fourth-order valence-electron chi connectivity index (χ4n) is 3.45. The number of nitrogens with one attached hydrogen (secondary N) is 1. The van der Waals surface area contributed by atoms with Gasteiger partial charge in [0.25, 0.3) is 0 Å². The van der Waals surface area contributed by atoms with Gasteiger partial charge in [0.2, 0.25) is 0 Å². The molecule has 0 amide bonds. The van der Waals surface area contributed by atoms with Gasteiger partial charge in [-0.1, -0.05) is 25.7 Å². The van der Waals surface area contributed by atoms with E-state index in [9.17, 15) is 0 Å². The SMILES string of the molecule is COCCCN(C)CC1(CNC(C)(C)C)CCCCCC1. The van der Waals surface area contributed by atoms with E-state index in [1.54, 1.807) is 7.11 Å². The van der Waals surface area contributed by atoms with Gasteiger partial charge in [-0.05, 0) is 52.5 Å². The molecular formula is C18H38N2O. The molecular weight excluding hydrogens is 260 g/mol. The van der Waals surface area contributed by atoms with Gasteiger partial charge in [-0.15, -0.1) is 0 Å². The van der Waals surface area contributed by atoms with Crippen molar-refractivity contribution in [3.8, 4) is 0 Å². The fraction of sp³-hybridized carbons (Fsp3) is 1.00. The zero-order chi connectivity index (χ0) is 15.8. The van der Waals surface area contributed by atoms with Gasteiger partial charge in [0.05, 0.1) is 0 Å². The van der Waals surface area contributed by atoms with E-state index in [4.69, 9.17) is 4.74 Å². The van der Waals surface area contributed by atoms with Gasteiger partial charge in [-0.2, -0.15) is 0 Å². The lowest BCUT2D eigenvalue weighted by Gasteiger charge is -2.39. The van der Waals surface area contributed by atoms with Crippen molar-refractivity contribution >= 4 is 0 Å². The number of ether oxygens (including phenoxy) is 1. The highest BCUT2D eigenvalue weighted by molar-refractivity contribution is 4.88. The normalized spacial score (nSPS) is 19.7. The summed E-state index contributed by atoms with van der Waals surface area (Å²) in [4.78, 5) is 2.52. The van der Waals surface area contributed by atoms with Crippen molar-refractivity contribution in [2.45, 2.75) is 71.3 Å². The Bertz CT molecular complexity index is 265. The Balaban J connectivity index is 2.57. The van der Waals surface area contributed by atoms with Gasteiger partial charge in [0.1, 0.15) is 0 Å². The molecule has 0 aromatic carbocycles. The maximum absolute atomic E-state index is 5.18. The second-order valence-corrected chi connectivity index (χ2v) is 8.10. The van der Waals surface area contributed by atoms with Crippen molar-refractivity contribution in [2.24, 2.45) is 5.41 Å². The standard InChI is InChI=1S/C18H38N2O/c1-17(2,3)19-15-18(11-8-6-7-9-12-18)16-20(4)13-10-14-21-5/h19H,6-16H2,1-5H3. The summed E-state index contributed by atoms with van der Waals surface area (Å²) in [5.41, 5.74) is 0.680. The predicted molar refractivity (Wildman–Crippen MR) is 91.9 cm³/mol. The van der Waals surface area contributed by atoms with Crippen LogP contribution in [0.5, 0.6) is 0 Å². The van der Waals surface area contributed by atoms with Crippen LogP contribution in [0, 0.1) is 5.41 Å². The maximum atomic E-state index is 5.18. The summed E-state index contributed by atoms with van der Waals surface area (Å²) in [6.07, 6.45) is 9.54. The quantitative estimate of drug-likeness (QED) is 0.546. The van der Waals surface area contributed by atoms with E-state index < -0.39 is 0 Å². The molecule has 3 heteroatoms. The predicted octanol–water partition coefficient (Wildman–Crippen LogP) is 3.68. The maximum Gasteiger partial charge on any atom is 0.0474 e. The molecule has 0 bridgehead atoms. The Morgan fingerprint density at radius 3 is 2.24 bits per heavy atom. The molecule has 3 nitrogen and oxygen atoms in total. The van der Waals surface area contributed by atoms with Crippen molar-refractivity contribution in [1.82, 2.24) is 10.2 Å². The molecule has 1 aliphatic carbocycles. The number of hydrogen-bond acceptors (Lipinski definition) is 3. The highest BCUT2D eigenvalue weighted by atomic mass is 16.5. The monoisotopic (exact) mass is 298 g/mol. The molecule has 1 fully saturated rings. The number of rotatable bonds is 8. The first-order valence-corrected chi connectivity index (χ1v) is 8.79. The lowest BCUT2D eigenvalue weighted by Crippen LogP contribution is -2.48. The van der Waals surface area contributed by atoms with Crippen LogP contribution in [0.2, 0.25) is 0 Å². The minimum atomic E-state index is 0.216. The molecule has 21 heavy (non-hydrogen) atoms. The Morgan fingerprint density at radius 2 is 1.71 bits per heavy atom. The molecule has 1 saturated carbocycles. The first-order valence-electron chi connectivity index (χ1n) is 8.79. The lowest BCUT2D eigenvalue weighted by molar-refractivity contribution is 0.123. The Hall–Kier alpha value is -0.120. The second-order valence-electron chi connectivity index (χ2n) is 8.10. The van der Waals surface area contributed by atoms with Crippen molar-refractivity contribution in [3.63, 3.8) is 0 Å². The van der Waals surface area contributed by atoms with Gasteiger partial charge in [-0.25, -0.2) is 0 Å². The highest BCUT2D eigenvalue weighted by Crippen LogP contribution is 2.35. The van der Waals surface area contributed by atoms with E-state index in [0.717, 1.165) is 26.1 Å². The third kappa shape index (κ3) is 8.18. The van der Waals surface area contributed by atoms with Crippen molar-refractivity contribution in [2.75, 3.05) is 40.4 Å². The van der Waals surface area contributed by atoms with Gasteiger partial charge >= 0.3 is 0 Å². The Kier molecular flexibility index (Phi) is 8.22. The molecule has 1 rings (SSSR count). The number of methoxy groups -OCH3 is 1. The topological polar surface area (TPSA) is 24.5 Å². The molecule has 0 atom stereocenters. The first kappa shape index (κ1) is 18.9. The largest absolute Gasteiger partial charge is 0.385 e. The van der Waals surface area contributed by atoms with Crippen LogP contribution in [0.25, 0.3) is 0 Å². The highest BCUT2D eigenvalue weighted by Gasteiger charge is 2.32. The van der Waals surface area contributed by atoms with Crippen LogP contribution in [0.3, 0.4) is 0 Å². The van der Waals surface area contributed by atoms with Gasteiger partial charge in [-0.3, -0.25) is 0 Å². The van der Waals surface area contributed by atoms with Crippen molar-refractivity contribution in [3.05, 3.63) is 0 Å². The summed E-state index contributed by atoms with van der Waals surface area (Å²) in [6, 6.07) is 0. The molecule has 1 N–H and O–H groups in total. The summed E-state index contributed by atoms with van der Waals surface area (Å²) >= 11 is 0. The van der Waals surface area contributed by atoms with Crippen molar-refractivity contribution < 1.29 is 4.74 Å². The molecule has 0 radical (unpaired) electrons. The molecule has 1 aliphatic rings. The van der Waals surface area contributed by atoms with E-state index in [1.165, 1.54) is 45.1 Å². The summed E-state index contributed by atoms with van der Waals surface area (Å²) in [7, 11) is 4.07. The third-order valence-electron chi connectivity index (χ3n) is 4.65. The average Bonchev–Trinajstić information content (AvgIpc) is 2.62. The minimum Gasteiger partial charge on any atom is -0.385 e. The molecule has 0 spiro atoms. The van der Waals surface area contributed by atoms with Crippen LogP contribution < -0.4 is 5.32 Å². The van der Waals surface area contributed by atoms with Crippen LogP contribution in [0.1, 0.15) is 65.7 Å². The fourth-order valence-corrected chi connectivity index (χ4v) is 3.45. The molecule has 126 valence electrons. The zero-order valence-electron chi connectivity index (χ0n) is 15.1. The molecule has 0 aromatic rings. The number of nitrogens with zero attached hydrogens (tertiary/aromatic N) is 1. The third-order valence-corrected chi connectivity index (χ3v) is 4.65. The van der Waals surface area contributed by atoms with Gasteiger partial charge < -0.3 is 15.0 Å². The van der Waals surface area contributed by atoms with Crippen LogP contribution >= 0.6 is 0 Å². The summed E-state index contributed by atoms with van der Waals surface area (Å²) in [5.74, 6) is 0. The molecule has 0 aliphatic heterocycles. The molecule has 0 saturated heterocycles. The second kappa shape index (κ2) is 9.12. The van der Waals surface area contributed by atoms with E-state index in [1.807, 2.05) is 0 Å². The van der Waals surface area contributed by atoms with E-state index in [-0.39, 0.29) is 5.54 Å². The molecule has 0 aromatic heterocycles. The van der Waals surface area contributed by atoms with Crippen LogP contribution in [0.15, 0.2) is 0 Å². The van der Waals surface area contributed by atoms with Gasteiger partial charge in [0, 0.05) is 38.9 Å². The summed E-state index contributed by atoms with van der Waals surface area (Å²) < 4.78 is 5.18. The van der Waals surface area contributed by atoms with Gasteiger partial charge in [0.15, 0.2) is 0 Å². The first-order chi connectivity index (χ1) is 9.87. The molecule has 0 unspecified atom stereocenters. The zero-order valence-corrected chi connectivity index (χ0v) is 15.1. The smallest absolute Gasteiger partial charge is 0.0474 e. The average molecular weight is 299 g/mol. The van der Waals surface area contributed by atoms with E-state index in [2.05, 4.69) is 38.0 Å². The minimum absolute atomic E-state index is 0.216. The lowest BCUT2D eigenvalue weighted by atomic mass is 9.79. The van der Waals surface area contributed by atoms with Crippen molar-refractivity contribution in [1.29, 1.82) is 0 Å². The summed E-state index contributed by atoms with van der Waals surface area (Å²) in [6.45, 7) is 11.2. The van der Waals surface area contributed by atoms with E-state index >= 15 is 0 Å². The molecule has 0 heterocycles. The number of hydrogen-bond donors (Lipinski definition) is 1. The van der Waals surface area contributed by atoms with Crippen LogP contribution in [-0.2, 0) is 4.74 Å². The van der Waals surface area contributed by atoms with Crippen LogP contribution in [0.4, 0.5) is 0 Å². The Labute approximate surface area is 132 Å². The Morgan fingerprint density at radius 1 is 1.10 bits per heavy atom.